The third kappa shape index (κ3) is 6.26. The number of hydrogen-bond donors (Lipinski definition) is 2. The lowest BCUT2D eigenvalue weighted by atomic mass is 9.88. The van der Waals surface area contributed by atoms with E-state index >= 15 is 0 Å². The highest BCUT2D eigenvalue weighted by Gasteiger charge is 2.34. The highest BCUT2D eigenvalue weighted by atomic mass is 16.5. The Morgan fingerprint density at radius 1 is 1.30 bits per heavy atom. The van der Waals surface area contributed by atoms with E-state index < -0.39 is 0 Å². The van der Waals surface area contributed by atoms with Crippen molar-refractivity contribution in [2.24, 2.45) is 4.99 Å². The first kappa shape index (κ1) is 21.3. The number of nitrogens with zero attached hydrogens (tertiary/aromatic N) is 2. The van der Waals surface area contributed by atoms with Crippen LogP contribution >= 0.6 is 0 Å². The zero-order valence-electron chi connectivity index (χ0n) is 17.0. The molecule has 1 aliphatic rings. The van der Waals surface area contributed by atoms with Crippen molar-refractivity contribution in [1.82, 2.24) is 15.5 Å². The van der Waals surface area contributed by atoms with E-state index in [0.717, 1.165) is 56.4 Å². The maximum Gasteiger partial charge on any atom is 0.191 e. The third-order valence-corrected chi connectivity index (χ3v) is 5.04. The van der Waals surface area contributed by atoms with Crippen molar-refractivity contribution in [3.63, 3.8) is 0 Å². The summed E-state index contributed by atoms with van der Waals surface area (Å²) in [7, 11) is 4.29. The van der Waals surface area contributed by atoms with Gasteiger partial charge in [0, 0.05) is 37.4 Å². The molecule has 1 heterocycles. The average Bonchev–Trinajstić information content (AvgIpc) is 2.69. The molecule has 1 aromatic rings. The third-order valence-electron chi connectivity index (χ3n) is 5.04. The second-order valence-corrected chi connectivity index (χ2v) is 6.99. The molecule has 0 amide bonds. The molecule has 6 heteroatoms. The first-order valence-corrected chi connectivity index (χ1v) is 9.70. The van der Waals surface area contributed by atoms with Gasteiger partial charge in [-0.05, 0) is 39.9 Å². The number of guanidine groups is 1. The molecule has 0 spiro atoms. The summed E-state index contributed by atoms with van der Waals surface area (Å²) < 4.78 is 11.3. The standard InChI is InChI=1S/C21H34N4O2/c1-5-13-27-19-10-8-7-9-18(19)16-23-20(22-6-2)24-17-21(25(3)4)11-14-26-15-12-21/h5,7-10H,1,6,11-17H2,2-4H3,(H2,22,23,24). The van der Waals surface area contributed by atoms with E-state index in [4.69, 9.17) is 14.5 Å². The zero-order chi connectivity index (χ0) is 19.5. The molecule has 0 saturated carbocycles. The molecule has 2 rings (SSSR count). The van der Waals surface area contributed by atoms with Crippen molar-refractivity contribution in [3.05, 3.63) is 42.5 Å². The van der Waals surface area contributed by atoms with Crippen LogP contribution in [-0.2, 0) is 11.3 Å². The Morgan fingerprint density at radius 2 is 2.04 bits per heavy atom. The molecule has 1 aromatic carbocycles. The fraction of sp³-hybridized carbons (Fsp3) is 0.571. The largest absolute Gasteiger partial charge is 0.489 e. The van der Waals surface area contributed by atoms with E-state index in [-0.39, 0.29) is 5.54 Å². The van der Waals surface area contributed by atoms with Crippen LogP contribution in [0.3, 0.4) is 0 Å². The molecular formula is C21H34N4O2. The Kier molecular flexibility index (Phi) is 8.61. The molecule has 0 aliphatic carbocycles. The minimum atomic E-state index is 0.0966. The number of ether oxygens (including phenoxy) is 2. The van der Waals surface area contributed by atoms with E-state index in [1.54, 1.807) is 6.08 Å². The summed E-state index contributed by atoms with van der Waals surface area (Å²) in [4.78, 5) is 7.08. The lowest BCUT2D eigenvalue weighted by molar-refractivity contribution is -0.00501. The second-order valence-electron chi connectivity index (χ2n) is 6.99. The van der Waals surface area contributed by atoms with Crippen LogP contribution in [0, 0.1) is 0 Å². The smallest absolute Gasteiger partial charge is 0.191 e. The molecule has 0 radical (unpaired) electrons. The van der Waals surface area contributed by atoms with Gasteiger partial charge in [-0.15, -0.1) is 0 Å². The van der Waals surface area contributed by atoms with Gasteiger partial charge in [0.1, 0.15) is 12.4 Å². The predicted octanol–water partition coefficient (Wildman–Crippen LogP) is 2.42. The van der Waals surface area contributed by atoms with Crippen LogP contribution in [0.25, 0.3) is 0 Å². The van der Waals surface area contributed by atoms with Crippen LogP contribution in [0.1, 0.15) is 25.3 Å². The minimum Gasteiger partial charge on any atom is -0.489 e. The topological polar surface area (TPSA) is 58.1 Å². The van der Waals surface area contributed by atoms with Crippen LogP contribution in [0.15, 0.2) is 41.9 Å². The molecule has 0 aromatic heterocycles. The van der Waals surface area contributed by atoms with Crippen LogP contribution in [0.5, 0.6) is 5.75 Å². The second kappa shape index (κ2) is 10.9. The molecular weight excluding hydrogens is 340 g/mol. The first-order valence-electron chi connectivity index (χ1n) is 9.70. The molecule has 1 fully saturated rings. The van der Waals surface area contributed by atoms with Gasteiger partial charge in [0.15, 0.2) is 5.96 Å². The Hall–Kier alpha value is -2.05. The van der Waals surface area contributed by atoms with E-state index in [2.05, 4.69) is 43.1 Å². The molecule has 0 atom stereocenters. The quantitative estimate of drug-likeness (QED) is 0.395. The number of benzene rings is 1. The van der Waals surface area contributed by atoms with Gasteiger partial charge in [-0.3, -0.25) is 0 Å². The van der Waals surface area contributed by atoms with E-state index in [1.165, 1.54) is 0 Å². The van der Waals surface area contributed by atoms with Crippen LogP contribution in [0.2, 0.25) is 0 Å². The number of para-hydroxylation sites is 1. The fourth-order valence-electron chi connectivity index (χ4n) is 3.21. The van der Waals surface area contributed by atoms with Crippen molar-refractivity contribution in [2.75, 3.05) is 47.0 Å². The van der Waals surface area contributed by atoms with E-state index in [9.17, 15) is 0 Å². The van der Waals surface area contributed by atoms with Gasteiger partial charge >= 0.3 is 0 Å². The molecule has 0 bridgehead atoms. The van der Waals surface area contributed by atoms with Gasteiger partial charge in [-0.2, -0.15) is 0 Å². The highest BCUT2D eigenvalue weighted by molar-refractivity contribution is 5.79. The van der Waals surface area contributed by atoms with Gasteiger partial charge in [0.2, 0.25) is 0 Å². The fourth-order valence-corrected chi connectivity index (χ4v) is 3.21. The van der Waals surface area contributed by atoms with Crippen LogP contribution < -0.4 is 15.4 Å². The van der Waals surface area contributed by atoms with Crippen molar-refractivity contribution < 1.29 is 9.47 Å². The average molecular weight is 375 g/mol. The van der Waals surface area contributed by atoms with Gasteiger partial charge in [0.05, 0.1) is 6.54 Å². The first-order chi connectivity index (χ1) is 13.1. The van der Waals surface area contributed by atoms with Gasteiger partial charge in [0.25, 0.3) is 0 Å². The molecule has 1 aliphatic heterocycles. The number of likely N-dealkylation sites (N-methyl/N-ethyl adjacent to an activating group) is 1. The van der Waals surface area contributed by atoms with Crippen molar-refractivity contribution in [2.45, 2.75) is 31.8 Å². The van der Waals surface area contributed by atoms with Gasteiger partial charge in [-0.1, -0.05) is 30.9 Å². The summed E-state index contributed by atoms with van der Waals surface area (Å²) in [6.45, 7) is 10.1. The summed E-state index contributed by atoms with van der Waals surface area (Å²) in [5.41, 5.74) is 1.16. The molecule has 27 heavy (non-hydrogen) atoms. The SMILES string of the molecule is C=CCOc1ccccc1CN=C(NCC)NCC1(N(C)C)CCOCC1. The Labute approximate surface area is 163 Å². The van der Waals surface area contributed by atoms with Crippen molar-refractivity contribution >= 4 is 5.96 Å². The Bertz CT molecular complexity index is 610. The highest BCUT2D eigenvalue weighted by Crippen LogP contribution is 2.25. The van der Waals surface area contributed by atoms with E-state index in [0.29, 0.717) is 13.2 Å². The van der Waals surface area contributed by atoms with Crippen molar-refractivity contribution in [3.8, 4) is 5.75 Å². The summed E-state index contributed by atoms with van der Waals surface area (Å²) in [5.74, 6) is 1.68. The monoisotopic (exact) mass is 374 g/mol. The molecule has 1 saturated heterocycles. The number of hydrogen-bond acceptors (Lipinski definition) is 4. The van der Waals surface area contributed by atoms with Gasteiger partial charge < -0.3 is 25.0 Å². The summed E-state index contributed by atoms with van der Waals surface area (Å²) >= 11 is 0. The van der Waals surface area contributed by atoms with E-state index in [1.807, 2.05) is 24.3 Å². The molecule has 0 unspecified atom stereocenters. The Morgan fingerprint density at radius 3 is 2.70 bits per heavy atom. The summed E-state index contributed by atoms with van der Waals surface area (Å²) in [6, 6.07) is 8.00. The molecule has 150 valence electrons. The zero-order valence-corrected chi connectivity index (χ0v) is 17.0. The van der Waals surface area contributed by atoms with Crippen LogP contribution in [-0.4, -0.2) is 63.4 Å². The van der Waals surface area contributed by atoms with Crippen molar-refractivity contribution in [1.29, 1.82) is 0 Å². The summed E-state index contributed by atoms with van der Waals surface area (Å²) in [5, 5.41) is 6.87. The predicted molar refractivity (Wildman–Crippen MR) is 111 cm³/mol. The van der Waals surface area contributed by atoms with Gasteiger partial charge in [-0.25, -0.2) is 4.99 Å². The lowest BCUT2D eigenvalue weighted by Crippen LogP contribution is -2.57. The number of nitrogens with one attached hydrogen (secondary N) is 2. The summed E-state index contributed by atoms with van der Waals surface area (Å²) in [6.07, 6.45) is 3.79. The van der Waals surface area contributed by atoms with Crippen LogP contribution in [0.4, 0.5) is 0 Å². The maximum absolute atomic E-state index is 5.73. The maximum atomic E-state index is 5.73. The molecule has 2 N–H and O–H groups in total. The normalized spacial score (nSPS) is 16.8. The Balaban J connectivity index is 2.05. The number of aliphatic imine (C=N–C) groups is 1. The molecule has 6 nitrogen and oxygen atoms in total. The number of rotatable bonds is 9. The lowest BCUT2D eigenvalue weighted by Gasteiger charge is -2.43. The minimum absolute atomic E-state index is 0.0966.